The minimum absolute atomic E-state index is 0. The van der Waals surface area contributed by atoms with E-state index in [0.29, 0.717) is 25.7 Å². The summed E-state index contributed by atoms with van der Waals surface area (Å²) in [5, 5.41) is 6.64. The van der Waals surface area contributed by atoms with Gasteiger partial charge in [-0.2, -0.15) is 11.8 Å². The second kappa shape index (κ2) is 14.5. The maximum absolute atomic E-state index is 13.5. The number of aliphatic imine (C=N–C) groups is 1. The molecule has 0 fully saturated rings. The normalized spacial score (nSPS) is 11.2. The van der Waals surface area contributed by atoms with Crippen LogP contribution in [0, 0.1) is 5.82 Å². The van der Waals surface area contributed by atoms with Crippen LogP contribution in [-0.2, 0) is 18.8 Å². The number of hydrogen-bond donors (Lipinski definition) is 2. The Labute approximate surface area is 200 Å². The average Bonchev–Trinajstić information content (AvgIpc) is 2.70. The maximum atomic E-state index is 13.5. The van der Waals surface area contributed by atoms with Crippen molar-refractivity contribution in [3.63, 3.8) is 0 Å². The predicted octanol–water partition coefficient (Wildman–Crippen LogP) is 4.11. The first-order valence-corrected chi connectivity index (χ1v) is 11.0. The van der Waals surface area contributed by atoms with Gasteiger partial charge in [0, 0.05) is 38.0 Å². The van der Waals surface area contributed by atoms with Crippen LogP contribution in [0.15, 0.2) is 47.5 Å². The summed E-state index contributed by atoms with van der Waals surface area (Å²) in [7, 11) is 5.79. The van der Waals surface area contributed by atoms with Crippen LogP contribution >= 0.6 is 35.7 Å². The highest BCUT2D eigenvalue weighted by molar-refractivity contribution is 14.0. The summed E-state index contributed by atoms with van der Waals surface area (Å²) in [4.78, 5) is 6.38. The number of thioether (sulfide) groups is 1. The van der Waals surface area contributed by atoms with E-state index in [4.69, 9.17) is 4.74 Å². The van der Waals surface area contributed by atoms with E-state index in [1.54, 1.807) is 24.9 Å². The molecule has 2 N–H and O–H groups in total. The minimum atomic E-state index is -0.203. The number of benzene rings is 2. The zero-order chi connectivity index (χ0) is 21.1. The molecule has 0 aliphatic carbocycles. The topological polar surface area (TPSA) is 48.9 Å². The van der Waals surface area contributed by atoms with Crippen LogP contribution in [0.3, 0.4) is 0 Å². The lowest BCUT2D eigenvalue weighted by molar-refractivity contribution is 0.259. The molecule has 0 aliphatic heterocycles. The van der Waals surface area contributed by atoms with Gasteiger partial charge in [0.2, 0.25) is 0 Å². The third kappa shape index (κ3) is 9.09. The lowest BCUT2D eigenvalue weighted by atomic mass is 10.1. The van der Waals surface area contributed by atoms with Crippen LogP contribution in [0.2, 0.25) is 0 Å². The maximum Gasteiger partial charge on any atom is 0.191 e. The predicted molar refractivity (Wildman–Crippen MR) is 137 cm³/mol. The molecule has 2 aromatic carbocycles. The molecule has 166 valence electrons. The number of likely N-dealkylation sites (N-methyl/N-ethyl adjacent to an activating group) is 1. The third-order valence-corrected chi connectivity index (χ3v) is 4.95. The molecule has 0 radical (unpaired) electrons. The van der Waals surface area contributed by atoms with Gasteiger partial charge in [-0.15, -0.1) is 24.0 Å². The number of rotatable bonds is 10. The van der Waals surface area contributed by atoms with E-state index in [1.165, 1.54) is 6.07 Å². The Kier molecular flexibility index (Phi) is 12.8. The van der Waals surface area contributed by atoms with E-state index < -0.39 is 0 Å². The molecule has 0 saturated heterocycles. The fraction of sp³-hybridized carbons (Fsp3) is 0.409. The van der Waals surface area contributed by atoms with E-state index in [2.05, 4.69) is 20.5 Å². The standard InChI is InChI=1S/C22H31FN4OS.HI/c1-24-22(25-14-17-9-10-20(23)13-19(17)16-29-4)26-15-18-7-5-6-8-21(18)28-12-11-27(2)3;/h5-10,13H,11-12,14-16H2,1-4H3,(H2,24,25,26);1H. The summed E-state index contributed by atoms with van der Waals surface area (Å²) in [6.07, 6.45) is 2.01. The summed E-state index contributed by atoms with van der Waals surface area (Å²) >= 11 is 1.68. The van der Waals surface area contributed by atoms with Crippen LogP contribution in [-0.4, -0.2) is 51.4 Å². The van der Waals surface area contributed by atoms with Gasteiger partial charge in [0.05, 0.1) is 0 Å². The molecule has 0 bridgehead atoms. The SMILES string of the molecule is CN=C(NCc1ccc(F)cc1CSC)NCc1ccccc1OCCN(C)C.I. The van der Waals surface area contributed by atoms with Gasteiger partial charge in [0.1, 0.15) is 18.2 Å². The minimum Gasteiger partial charge on any atom is -0.492 e. The smallest absolute Gasteiger partial charge is 0.191 e. The second-order valence-corrected chi connectivity index (χ2v) is 7.75. The Morgan fingerprint density at radius 2 is 1.77 bits per heavy atom. The molecular formula is C22H32FIN4OS. The highest BCUT2D eigenvalue weighted by Gasteiger charge is 2.07. The van der Waals surface area contributed by atoms with Crippen LogP contribution in [0.4, 0.5) is 4.39 Å². The highest BCUT2D eigenvalue weighted by atomic mass is 127. The van der Waals surface area contributed by atoms with Gasteiger partial charge in [-0.1, -0.05) is 24.3 Å². The zero-order valence-corrected chi connectivity index (χ0v) is 21.2. The molecule has 5 nitrogen and oxygen atoms in total. The Morgan fingerprint density at radius 1 is 1.07 bits per heavy atom. The molecule has 0 atom stereocenters. The molecule has 30 heavy (non-hydrogen) atoms. The summed E-state index contributed by atoms with van der Waals surface area (Å²) < 4.78 is 19.5. The van der Waals surface area contributed by atoms with Crippen molar-refractivity contribution >= 4 is 41.7 Å². The van der Waals surface area contributed by atoms with Crippen LogP contribution in [0.5, 0.6) is 5.75 Å². The fourth-order valence-corrected chi connectivity index (χ4v) is 3.34. The molecule has 8 heteroatoms. The molecule has 0 amide bonds. The van der Waals surface area contributed by atoms with E-state index in [9.17, 15) is 4.39 Å². The molecule has 0 heterocycles. The van der Waals surface area contributed by atoms with Crippen molar-refractivity contribution in [3.8, 4) is 5.75 Å². The van der Waals surface area contributed by atoms with Crippen molar-refractivity contribution in [2.45, 2.75) is 18.8 Å². The number of nitrogens with one attached hydrogen (secondary N) is 2. The first-order valence-electron chi connectivity index (χ1n) is 9.59. The van der Waals surface area contributed by atoms with Crippen molar-refractivity contribution < 1.29 is 9.13 Å². The van der Waals surface area contributed by atoms with Gasteiger partial charge < -0.3 is 20.3 Å². The molecular weight excluding hydrogens is 514 g/mol. The van der Waals surface area contributed by atoms with Crippen molar-refractivity contribution in [2.75, 3.05) is 40.6 Å². The Morgan fingerprint density at radius 3 is 2.43 bits per heavy atom. The van der Waals surface area contributed by atoms with Gasteiger partial charge in [-0.3, -0.25) is 4.99 Å². The molecule has 0 aromatic heterocycles. The van der Waals surface area contributed by atoms with E-state index in [1.807, 2.05) is 50.7 Å². The lowest BCUT2D eigenvalue weighted by Gasteiger charge is -2.16. The molecule has 0 unspecified atom stereocenters. The largest absolute Gasteiger partial charge is 0.492 e. The Bertz CT molecular complexity index is 804. The van der Waals surface area contributed by atoms with Crippen molar-refractivity contribution in [1.82, 2.24) is 15.5 Å². The number of nitrogens with zero attached hydrogens (tertiary/aromatic N) is 2. The van der Waals surface area contributed by atoms with Crippen LogP contribution in [0.25, 0.3) is 0 Å². The molecule has 0 aliphatic rings. The zero-order valence-electron chi connectivity index (χ0n) is 18.1. The first-order chi connectivity index (χ1) is 14.0. The van der Waals surface area contributed by atoms with Crippen LogP contribution < -0.4 is 15.4 Å². The fourth-order valence-electron chi connectivity index (χ4n) is 2.76. The summed E-state index contributed by atoms with van der Waals surface area (Å²) in [5.74, 6) is 2.13. The Hall–Kier alpha value is -1.52. The summed E-state index contributed by atoms with van der Waals surface area (Å²) in [6, 6.07) is 12.9. The highest BCUT2D eigenvalue weighted by Crippen LogP contribution is 2.18. The van der Waals surface area contributed by atoms with Gasteiger partial charge in [0.15, 0.2) is 5.96 Å². The van der Waals surface area contributed by atoms with Gasteiger partial charge in [-0.25, -0.2) is 4.39 Å². The molecule has 2 aromatic rings. The number of hydrogen-bond acceptors (Lipinski definition) is 4. The quantitative estimate of drug-likeness (QED) is 0.267. The summed E-state index contributed by atoms with van der Waals surface area (Å²) in [5.41, 5.74) is 3.13. The molecule has 2 rings (SSSR count). The second-order valence-electron chi connectivity index (χ2n) is 6.88. The van der Waals surface area contributed by atoms with E-state index in [-0.39, 0.29) is 29.8 Å². The lowest BCUT2D eigenvalue weighted by Crippen LogP contribution is -2.36. The van der Waals surface area contributed by atoms with Gasteiger partial charge in [0.25, 0.3) is 0 Å². The number of halogens is 2. The van der Waals surface area contributed by atoms with Crippen LogP contribution in [0.1, 0.15) is 16.7 Å². The monoisotopic (exact) mass is 546 g/mol. The first kappa shape index (κ1) is 26.5. The van der Waals surface area contributed by atoms with Gasteiger partial charge >= 0.3 is 0 Å². The number of ether oxygens (including phenoxy) is 1. The average molecular weight is 546 g/mol. The van der Waals surface area contributed by atoms with E-state index in [0.717, 1.165) is 34.7 Å². The third-order valence-electron chi connectivity index (χ3n) is 4.35. The number of para-hydroxylation sites is 1. The Balaban J connectivity index is 0.00000450. The summed E-state index contributed by atoms with van der Waals surface area (Å²) in [6.45, 7) is 2.68. The van der Waals surface area contributed by atoms with E-state index >= 15 is 0 Å². The van der Waals surface area contributed by atoms with Gasteiger partial charge in [-0.05, 0) is 49.7 Å². The van der Waals surface area contributed by atoms with Crippen molar-refractivity contribution in [3.05, 3.63) is 65.0 Å². The molecule has 0 saturated carbocycles. The van der Waals surface area contributed by atoms with Crippen molar-refractivity contribution in [1.29, 1.82) is 0 Å². The molecule has 0 spiro atoms. The number of guanidine groups is 1. The van der Waals surface area contributed by atoms with Crippen molar-refractivity contribution in [2.24, 2.45) is 4.99 Å².